The van der Waals surface area contributed by atoms with Crippen molar-refractivity contribution >= 4 is 566 Å². The Labute approximate surface area is 628 Å². The molecule has 23 heteroatoms. The zero-order valence-electron chi connectivity index (χ0n) is 44.0. The Bertz CT molecular complexity index is 138. The van der Waals surface area contributed by atoms with Crippen molar-refractivity contribution in [3.05, 3.63) is 20.2 Å². The summed E-state index contributed by atoms with van der Waals surface area (Å²) in [4.78, 5) is 16.7. The van der Waals surface area contributed by atoms with E-state index in [0.717, 1.165) is 0 Å². The van der Waals surface area contributed by atoms with Gasteiger partial charge in [0.25, 0.3) is 10.2 Å². The molecule has 0 unspecified atom stereocenters. The van der Waals surface area contributed by atoms with E-state index in [0.29, 0.717) is 0 Å². The first kappa shape index (κ1) is 115. The van der Waals surface area contributed by atoms with Crippen LogP contribution in [0.2, 0.25) is 0 Å². The minimum Gasteiger partial charge on any atom is -1.00 e. The van der Waals surface area contributed by atoms with Crippen LogP contribution in [0.5, 0.6) is 0 Å². The SMILES string of the molecule is O=[N+]([O-])O.O=[N+]([O-])O.[Ca+2].[Ca+2].[Ca+2].[Ca+2].[Ca+2].[Ca+2].[Ca+2].[Ca+2].[Ca+2].[Ca+2].[Ca+2].[Ca+2].[Ca+2].[Ca+2].[Ca+2].[H-].[H-].[H-].[H-].[H-].[H-].[H-].[H-].[H-].[H-].[H-].[H-].[H-].[H-].[H-].[H-].[H-].[H-].[H-].[H-].[H-].[H-].[H-].[H-].[H-].[H-].[H-].[H-].[H-].[H-]. The molecule has 0 aliphatic rings. The topological polar surface area (TPSA) is 127 Å². The average molecular weight is 757 g/mol. The summed E-state index contributed by atoms with van der Waals surface area (Å²) >= 11 is 0. The van der Waals surface area contributed by atoms with Crippen LogP contribution in [0.3, 0.4) is 0 Å². The number of nitrogens with zero attached hydrogens (tertiary/aromatic N) is 2. The molecule has 0 aromatic rings. The quantitative estimate of drug-likeness (QED) is 0.154. The minimum absolute atomic E-state index is 0. The summed E-state index contributed by atoms with van der Waals surface area (Å²) in [6.07, 6.45) is 0. The fraction of sp³-hybridized carbons (Fsp3) is 0. The number of hydrogen-bond donors (Lipinski definition) is 2. The molecule has 0 amide bonds. The molecule has 2 N–H and O–H groups in total. The van der Waals surface area contributed by atoms with E-state index in [-0.39, 0.29) is 609 Å². The molecule has 0 heterocycles. The van der Waals surface area contributed by atoms with Gasteiger partial charge in [0, 0.05) is 0 Å². The van der Waals surface area contributed by atoms with E-state index >= 15 is 0 Å². The van der Waals surface area contributed by atoms with Gasteiger partial charge >= 0.3 is 566 Å². The maximum atomic E-state index is 8.36. The van der Waals surface area contributed by atoms with Gasteiger partial charge in [0.15, 0.2) is 0 Å². The largest absolute Gasteiger partial charge is 2.00 e. The second-order valence-corrected chi connectivity index (χ2v) is 0.476. The summed E-state index contributed by atoms with van der Waals surface area (Å²) in [6.45, 7) is 0. The van der Waals surface area contributed by atoms with Gasteiger partial charge in [-0.15, -0.1) is 20.2 Å². The van der Waals surface area contributed by atoms with E-state index in [2.05, 4.69) is 0 Å². The molecule has 0 spiro atoms. The van der Waals surface area contributed by atoms with Crippen LogP contribution in [0.25, 0.3) is 0 Å². The normalized spacial score (nSPS) is 2.09. The maximum absolute atomic E-state index is 8.36. The van der Waals surface area contributed by atoms with Crippen LogP contribution in [0.1, 0.15) is 42.8 Å². The second-order valence-electron chi connectivity index (χ2n) is 0.476. The third-order valence-corrected chi connectivity index (χ3v) is 0. The standard InChI is InChI=1S/15Ca.2HNO3.30H/c;;;;;;;;;;;;;;;2*2-1(3)4;;;;;;;;;;;;;;;;;;;;;;;;;;;;;;/h;;;;;;;;;;;;;;;2*(H,2,3,4);;;;;;;;;;;;;;;;;;;;;;;;;;;;;;/q15*+2;;;30*-1. The van der Waals surface area contributed by atoms with Crippen molar-refractivity contribution in [1.82, 2.24) is 0 Å². The molecule has 8 nitrogen and oxygen atoms in total. The van der Waals surface area contributed by atoms with Crippen molar-refractivity contribution in [2.45, 2.75) is 0 Å². The Balaban J connectivity index is -0.000000000163. The molecule has 108 valence electrons. The monoisotopic (exact) mass is 756 g/mol. The molecular formula is H32Ca15N2O6. The molecule has 0 fully saturated rings. The summed E-state index contributed by atoms with van der Waals surface area (Å²) in [5, 5.41) is 27.3. The van der Waals surface area contributed by atoms with E-state index in [4.69, 9.17) is 30.6 Å². The van der Waals surface area contributed by atoms with Crippen LogP contribution in [-0.4, -0.2) is 587 Å². The van der Waals surface area contributed by atoms with Gasteiger partial charge in [0.1, 0.15) is 0 Å². The van der Waals surface area contributed by atoms with Gasteiger partial charge in [-0.25, -0.2) is 0 Å². The fourth-order valence-electron chi connectivity index (χ4n) is 0. The average Bonchev–Trinajstić information content (AvgIpc) is 1.25. The Kier molecular flexibility index (Phi) is 529. The fourth-order valence-corrected chi connectivity index (χ4v) is 0. The number of rotatable bonds is 0. The van der Waals surface area contributed by atoms with E-state index in [1.54, 1.807) is 0 Å². The van der Waals surface area contributed by atoms with Gasteiger partial charge in [-0.1, -0.05) is 0 Å². The summed E-state index contributed by atoms with van der Waals surface area (Å²) in [5.41, 5.74) is 0. The zero-order valence-corrected chi connectivity index (χ0v) is 47.2. The summed E-state index contributed by atoms with van der Waals surface area (Å²) in [7, 11) is 0. The molecule has 0 radical (unpaired) electrons. The van der Waals surface area contributed by atoms with Crippen LogP contribution in [0.15, 0.2) is 0 Å². The van der Waals surface area contributed by atoms with Crippen molar-refractivity contribution in [3.8, 4) is 0 Å². The first-order valence-electron chi connectivity index (χ1n) is 1.13. The molecule has 0 aromatic heterocycles. The predicted molar refractivity (Wildman–Crippen MR) is 137 cm³/mol. The molecule has 0 saturated carbocycles. The molecule has 0 rings (SSSR count). The van der Waals surface area contributed by atoms with Gasteiger partial charge in [-0.05, 0) is 0 Å². The van der Waals surface area contributed by atoms with Crippen LogP contribution in [0.4, 0.5) is 0 Å². The van der Waals surface area contributed by atoms with Gasteiger partial charge < -0.3 is 53.2 Å². The first-order chi connectivity index (χ1) is 3.46. The molecule has 0 saturated heterocycles. The van der Waals surface area contributed by atoms with Crippen molar-refractivity contribution in [3.63, 3.8) is 0 Å². The number of hydrogen-bond acceptors (Lipinski definition) is 4. The Hall–Kier alpha value is 17.3. The maximum Gasteiger partial charge on any atom is 2.00 e. The summed E-state index contributed by atoms with van der Waals surface area (Å²) in [5.74, 6) is 0. The Morgan fingerprint density at radius 2 is 0.435 bits per heavy atom. The molecule has 0 atom stereocenters. The van der Waals surface area contributed by atoms with Crippen molar-refractivity contribution < 1.29 is 63.4 Å². The van der Waals surface area contributed by atoms with Crippen LogP contribution in [0, 0.1) is 20.2 Å². The predicted octanol–water partition coefficient (Wildman–Crippen LogP) is -3.03. The van der Waals surface area contributed by atoms with Gasteiger partial charge in [0.2, 0.25) is 0 Å². The molecule has 0 aromatic carbocycles. The molecule has 23 heavy (non-hydrogen) atoms. The smallest absolute Gasteiger partial charge is 1.00 e. The van der Waals surface area contributed by atoms with Crippen LogP contribution < -0.4 is 0 Å². The summed E-state index contributed by atoms with van der Waals surface area (Å²) < 4.78 is 0. The Morgan fingerprint density at radius 3 is 0.435 bits per heavy atom. The second kappa shape index (κ2) is 106. The molecule has 0 bridgehead atoms. The Morgan fingerprint density at radius 1 is 0.435 bits per heavy atom. The zero-order chi connectivity index (χ0) is 7.15. The molecule has 0 aliphatic carbocycles. The third-order valence-electron chi connectivity index (χ3n) is 0. The van der Waals surface area contributed by atoms with Gasteiger partial charge in [0.05, 0.1) is 0 Å². The third kappa shape index (κ3) is 183. The van der Waals surface area contributed by atoms with E-state index in [1.807, 2.05) is 0 Å². The van der Waals surface area contributed by atoms with Crippen molar-refractivity contribution in [2.24, 2.45) is 0 Å². The van der Waals surface area contributed by atoms with E-state index in [9.17, 15) is 0 Å². The van der Waals surface area contributed by atoms with Crippen molar-refractivity contribution in [2.75, 3.05) is 0 Å². The van der Waals surface area contributed by atoms with Crippen LogP contribution in [-0.2, 0) is 0 Å². The van der Waals surface area contributed by atoms with E-state index in [1.165, 1.54) is 0 Å². The van der Waals surface area contributed by atoms with Crippen molar-refractivity contribution in [1.29, 1.82) is 0 Å². The van der Waals surface area contributed by atoms with Crippen LogP contribution >= 0.6 is 0 Å². The van der Waals surface area contributed by atoms with E-state index < -0.39 is 10.2 Å². The van der Waals surface area contributed by atoms with Gasteiger partial charge in [-0.2, -0.15) is 0 Å². The molecular weight excluding hydrogens is 725 g/mol. The van der Waals surface area contributed by atoms with Gasteiger partial charge in [-0.3, -0.25) is 0 Å². The minimum atomic E-state index is -1.50. The summed E-state index contributed by atoms with van der Waals surface area (Å²) in [6, 6.07) is 0. The molecule has 0 aliphatic heterocycles. The first-order valence-corrected chi connectivity index (χ1v) is 1.13.